The van der Waals surface area contributed by atoms with E-state index in [1.165, 1.54) is 5.56 Å². The molecule has 0 aromatic heterocycles. The van der Waals surface area contributed by atoms with E-state index < -0.39 is 0 Å². The van der Waals surface area contributed by atoms with Gasteiger partial charge < -0.3 is 4.90 Å². The lowest BCUT2D eigenvalue weighted by molar-refractivity contribution is 1.11. The molecule has 13 heavy (non-hydrogen) atoms. The van der Waals surface area contributed by atoms with E-state index in [4.69, 9.17) is 11.6 Å². The molecule has 0 aliphatic carbocycles. The van der Waals surface area contributed by atoms with Gasteiger partial charge in [0.2, 0.25) is 0 Å². The molecule has 0 aliphatic rings. The first kappa shape index (κ1) is 12.3. The molecule has 0 aliphatic heterocycles. The lowest BCUT2D eigenvalue weighted by Crippen LogP contribution is -2.10. The zero-order valence-corrected chi connectivity index (χ0v) is 9.81. The molecular weight excluding hydrogens is 182 g/mol. The van der Waals surface area contributed by atoms with Gasteiger partial charge in [0.25, 0.3) is 0 Å². The molecule has 0 saturated carbocycles. The fourth-order valence-electron chi connectivity index (χ4n) is 1.19. The summed E-state index contributed by atoms with van der Waals surface area (Å²) in [4.78, 5) is 2.03. The molecule has 0 heterocycles. The molecule has 0 N–H and O–H groups in total. The summed E-state index contributed by atoms with van der Waals surface area (Å²) in [5.41, 5.74) is 2.32. The minimum absolute atomic E-state index is 0.815. The third-order valence-electron chi connectivity index (χ3n) is 1.64. The predicted molar refractivity (Wildman–Crippen MR) is 61.9 cm³/mol. The van der Waals surface area contributed by atoms with Crippen LogP contribution in [0.4, 0.5) is 5.69 Å². The quantitative estimate of drug-likeness (QED) is 0.666. The molecule has 1 aromatic rings. The van der Waals surface area contributed by atoms with Gasteiger partial charge in [0.05, 0.1) is 10.7 Å². The van der Waals surface area contributed by atoms with Gasteiger partial charge in [0.15, 0.2) is 0 Å². The summed E-state index contributed by atoms with van der Waals surface area (Å²) < 4.78 is 0. The molecular formula is C11H18ClN. The van der Waals surface area contributed by atoms with Crippen LogP contribution in [-0.2, 0) is 0 Å². The third kappa shape index (κ3) is 3.27. The number of benzene rings is 1. The van der Waals surface area contributed by atoms with Crippen molar-refractivity contribution in [2.24, 2.45) is 0 Å². The van der Waals surface area contributed by atoms with Crippen LogP contribution in [0.2, 0.25) is 5.02 Å². The highest BCUT2D eigenvalue weighted by molar-refractivity contribution is 6.33. The van der Waals surface area contributed by atoms with Crippen molar-refractivity contribution in [3.05, 3.63) is 28.8 Å². The van der Waals surface area contributed by atoms with Crippen LogP contribution >= 0.6 is 11.6 Å². The topological polar surface area (TPSA) is 3.24 Å². The Labute approximate surface area is 86.3 Å². The Morgan fingerprint density at radius 2 is 1.69 bits per heavy atom. The first-order chi connectivity index (χ1) is 6.13. The smallest absolute Gasteiger partial charge is 0.0642 e. The van der Waals surface area contributed by atoms with Gasteiger partial charge >= 0.3 is 0 Å². The van der Waals surface area contributed by atoms with E-state index >= 15 is 0 Å². The molecule has 0 radical (unpaired) electrons. The van der Waals surface area contributed by atoms with Crippen LogP contribution in [0.25, 0.3) is 0 Å². The van der Waals surface area contributed by atoms with Crippen LogP contribution in [0.3, 0.4) is 0 Å². The minimum Gasteiger partial charge on any atom is -0.376 e. The number of halogens is 1. The molecule has 0 saturated heterocycles. The van der Waals surface area contributed by atoms with Gasteiger partial charge in [-0.3, -0.25) is 0 Å². The van der Waals surface area contributed by atoms with E-state index in [9.17, 15) is 0 Å². The van der Waals surface area contributed by atoms with Crippen LogP contribution in [0, 0.1) is 6.92 Å². The van der Waals surface area contributed by atoms with Gasteiger partial charge in [-0.25, -0.2) is 0 Å². The maximum absolute atomic E-state index is 5.98. The number of nitrogens with zero attached hydrogens (tertiary/aromatic N) is 1. The average molecular weight is 200 g/mol. The Hall–Kier alpha value is -0.690. The Bertz CT molecular complexity index is 236. The molecule has 0 unspecified atom stereocenters. The summed E-state index contributed by atoms with van der Waals surface area (Å²) in [6.45, 7) is 6.06. The SMILES string of the molecule is CC.Cc1cccc(Cl)c1N(C)C. The fourth-order valence-corrected chi connectivity index (χ4v) is 1.58. The van der Waals surface area contributed by atoms with Crippen molar-refractivity contribution < 1.29 is 0 Å². The molecule has 1 rings (SSSR count). The Kier molecular flexibility index (Phi) is 5.56. The second-order valence-corrected chi connectivity index (χ2v) is 3.21. The second-order valence-electron chi connectivity index (χ2n) is 2.80. The van der Waals surface area contributed by atoms with Crippen molar-refractivity contribution in [2.45, 2.75) is 20.8 Å². The summed E-state index contributed by atoms with van der Waals surface area (Å²) in [5.74, 6) is 0. The van der Waals surface area contributed by atoms with Crippen LogP contribution < -0.4 is 4.90 Å². The van der Waals surface area contributed by atoms with E-state index in [1.54, 1.807) is 0 Å². The zero-order valence-electron chi connectivity index (χ0n) is 9.06. The van der Waals surface area contributed by atoms with Crippen molar-refractivity contribution in [3.8, 4) is 0 Å². The molecule has 0 atom stereocenters. The van der Waals surface area contributed by atoms with Crippen molar-refractivity contribution in [3.63, 3.8) is 0 Å². The minimum atomic E-state index is 0.815. The van der Waals surface area contributed by atoms with Gasteiger partial charge in [0, 0.05) is 14.1 Å². The largest absolute Gasteiger partial charge is 0.376 e. The van der Waals surface area contributed by atoms with Crippen LogP contribution in [0.1, 0.15) is 19.4 Å². The summed E-state index contributed by atoms with van der Waals surface area (Å²) >= 11 is 5.98. The van der Waals surface area contributed by atoms with Crippen LogP contribution in [0.15, 0.2) is 18.2 Å². The number of hydrogen-bond donors (Lipinski definition) is 0. The van der Waals surface area contributed by atoms with Crippen molar-refractivity contribution in [2.75, 3.05) is 19.0 Å². The second kappa shape index (κ2) is 5.87. The first-order valence-corrected chi connectivity index (χ1v) is 4.93. The highest BCUT2D eigenvalue weighted by atomic mass is 35.5. The van der Waals surface area contributed by atoms with E-state index in [0.29, 0.717) is 0 Å². The standard InChI is InChI=1S/C9H12ClN.C2H6/c1-7-5-4-6-8(10)9(7)11(2)3;1-2/h4-6H,1-3H3;1-2H3. The summed E-state index contributed by atoms with van der Waals surface area (Å²) in [6.07, 6.45) is 0. The number of aryl methyl sites for hydroxylation is 1. The van der Waals surface area contributed by atoms with Crippen LogP contribution in [-0.4, -0.2) is 14.1 Å². The highest BCUT2D eigenvalue weighted by Gasteiger charge is 2.03. The molecule has 1 nitrogen and oxygen atoms in total. The maximum atomic E-state index is 5.98. The zero-order chi connectivity index (χ0) is 10.4. The van der Waals surface area contributed by atoms with Gasteiger partial charge in [-0.1, -0.05) is 37.6 Å². The summed E-state index contributed by atoms with van der Waals surface area (Å²) in [6, 6.07) is 5.93. The number of rotatable bonds is 1. The van der Waals surface area contributed by atoms with E-state index in [1.807, 2.05) is 45.0 Å². The summed E-state index contributed by atoms with van der Waals surface area (Å²) in [5, 5.41) is 0.815. The Morgan fingerprint density at radius 3 is 2.00 bits per heavy atom. The number of hydrogen-bond acceptors (Lipinski definition) is 1. The van der Waals surface area contributed by atoms with E-state index in [-0.39, 0.29) is 0 Å². The van der Waals surface area contributed by atoms with Gasteiger partial charge in [-0.05, 0) is 18.6 Å². The molecule has 0 spiro atoms. The molecule has 0 amide bonds. The van der Waals surface area contributed by atoms with Gasteiger partial charge in [-0.2, -0.15) is 0 Å². The molecule has 74 valence electrons. The van der Waals surface area contributed by atoms with Crippen molar-refractivity contribution in [1.29, 1.82) is 0 Å². The monoisotopic (exact) mass is 199 g/mol. The fraction of sp³-hybridized carbons (Fsp3) is 0.455. The summed E-state index contributed by atoms with van der Waals surface area (Å²) in [7, 11) is 3.99. The van der Waals surface area contributed by atoms with Gasteiger partial charge in [-0.15, -0.1) is 0 Å². The van der Waals surface area contributed by atoms with Crippen molar-refractivity contribution in [1.82, 2.24) is 0 Å². The third-order valence-corrected chi connectivity index (χ3v) is 1.94. The van der Waals surface area contributed by atoms with Crippen LogP contribution in [0.5, 0.6) is 0 Å². The molecule has 1 aromatic carbocycles. The molecule has 0 fully saturated rings. The van der Waals surface area contributed by atoms with E-state index in [2.05, 4.69) is 13.0 Å². The first-order valence-electron chi connectivity index (χ1n) is 4.55. The number of anilines is 1. The normalized spacial score (nSPS) is 8.77. The molecule has 2 heteroatoms. The number of para-hydroxylation sites is 1. The van der Waals surface area contributed by atoms with Crippen molar-refractivity contribution >= 4 is 17.3 Å². The average Bonchev–Trinajstić information content (AvgIpc) is 2.07. The maximum Gasteiger partial charge on any atom is 0.0642 e. The van der Waals surface area contributed by atoms with Gasteiger partial charge in [0.1, 0.15) is 0 Å². The molecule has 0 bridgehead atoms. The Morgan fingerprint density at radius 1 is 1.15 bits per heavy atom. The predicted octanol–water partition coefficient (Wildman–Crippen LogP) is 3.74. The highest BCUT2D eigenvalue weighted by Crippen LogP contribution is 2.27. The van der Waals surface area contributed by atoms with E-state index in [0.717, 1.165) is 10.7 Å². The Balaban J connectivity index is 0.000000671. The lowest BCUT2D eigenvalue weighted by Gasteiger charge is -2.16. The lowest BCUT2D eigenvalue weighted by atomic mass is 10.2.